The number of benzene rings is 1. The van der Waals surface area contributed by atoms with Gasteiger partial charge in [-0.1, -0.05) is 6.92 Å². The van der Waals surface area contributed by atoms with Gasteiger partial charge in [-0.05, 0) is 12.5 Å². The Morgan fingerprint density at radius 3 is 2.68 bits per heavy atom. The average Bonchev–Trinajstić information content (AvgIpc) is 2.35. The number of halogens is 3. The highest BCUT2D eigenvalue weighted by molar-refractivity contribution is 6.20. The van der Waals surface area contributed by atoms with Crippen molar-refractivity contribution in [3.05, 3.63) is 39.4 Å². The van der Waals surface area contributed by atoms with E-state index in [0.29, 0.717) is 18.6 Å². The standard InChI is InChI=1S/C11H11ClF2N2O3/c1-2-6(12)5-15-11(17)9-7(13)3-4-8(10(9)14)16(18)19/h3-4,6H,2,5H2,1H3,(H,15,17). The Balaban J connectivity index is 3.02. The van der Waals surface area contributed by atoms with Crippen LogP contribution in [0.2, 0.25) is 0 Å². The first-order chi connectivity index (χ1) is 8.88. The first kappa shape index (κ1) is 15.3. The lowest BCUT2D eigenvalue weighted by Crippen LogP contribution is -2.31. The lowest BCUT2D eigenvalue weighted by Gasteiger charge is -2.09. The van der Waals surface area contributed by atoms with Crippen molar-refractivity contribution in [2.45, 2.75) is 18.7 Å². The molecule has 1 aromatic carbocycles. The number of alkyl halides is 1. The lowest BCUT2D eigenvalue weighted by molar-refractivity contribution is -0.387. The maximum absolute atomic E-state index is 13.7. The molecule has 0 aromatic heterocycles. The van der Waals surface area contributed by atoms with Crippen LogP contribution in [-0.4, -0.2) is 22.8 Å². The van der Waals surface area contributed by atoms with Crippen LogP contribution in [0.5, 0.6) is 0 Å². The summed E-state index contributed by atoms with van der Waals surface area (Å²) in [4.78, 5) is 21.1. The number of rotatable bonds is 5. The van der Waals surface area contributed by atoms with Gasteiger partial charge in [0, 0.05) is 12.6 Å². The predicted molar refractivity (Wildman–Crippen MR) is 65.3 cm³/mol. The van der Waals surface area contributed by atoms with Crippen LogP contribution in [0.4, 0.5) is 14.5 Å². The highest BCUT2D eigenvalue weighted by Gasteiger charge is 2.26. The van der Waals surface area contributed by atoms with E-state index in [4.69, 9.17) is 11.6 Å². The quantitative estimate of drug-likeness (QED) is 0.515. The Kier molecular flexibility index (Phi) is 5.17. The molecule has 0 saturated carbocycles. The van der Waals surface area contributed by atoms with Crippen LogP contribution in [0.15, 0.2) is 12.1 Å². The second kappa shape index (κ2) is 6.42. The average molecular weight is 293 g/mol. The Hall–Kier alpha value is -1.76. The van der Waals surface area contributed by atoms with Crippen molar-refractivity contribution in [2.24, 2.45) is 0 Å². The molecule has 0 heterocycles. The van der Waals surface area contributed by atoms with Crippen LogP contribution in [0.1, 0.15) is 23.7 Å². The largest absolute Gasteiger partial charge is 0.350 e. The minimum absolute atomic E-state index is 0.0124. The molecule has 0 aliphatic carbocycles. The third-order valence-electron chi connectivity index (χ3n) is 2.42. The summed E-state index contributed by atoms with van der Waals surface area (Å²) >= 11 is 5.75. The minimum atomic E-state index is -1.50. The molecule has 0 bridgehead atoms. The number of nitro groups is 1. The van der Waals surface area contributed by atoms with E-state index in [2.05, 4.69) is 5.32 Å². The van der Waals surface area contributed by atoms with Gasteiger partial charge >= 0.3 is 5.69 Å². The van der Waals surface area contributed by atoms with Gasteiger partial charge in [0.25, 0.3) is 5.91 Å². The maximum atomic E-state index is 13.7. The minimum Gasteiger partial charge on any atom is -0.350 e. The van der Waals surface area contributed by atoms with Crippen molar-refractivity contribution in [1.82, 2.24) is 5.32 Å². The van der Waals surface area contributed by atoms with Crippen molar-refractivity contribution in [2.75, 3.05) is 6.54 Å². The van der Waals surface area contributed by atoms with Crippen LogP contribution in [0.25, 0.3) is 0 Å². The molecule has 5 nitrogen and oxygen atoms in total. The highest BCUT2D eigenvalue weighted by Crippen LogP contribution is 2.22. The van der Waals surface area contributed by atoms with Crippen molar-refractivity contribution in [1.29, 1.82) is 0 Å². The van der Waals surface area contributed by atoms with Crippen LogP contribution in [0.3, 0.4) is 0 Å². The molecule has 1 unspecified atom stereocenters. The maximum Gasteiger partial charge on any atom is 0.305 e. The molecule has 0 saturated heterocycles. The van der Waals surface area contributed by atoms with E-state index in [1.54, 1.807) is 6.92 Å². The summed E-state index contributed by atoms with van der Waals surface area (Å²) in [6.45, 7) is 1.79. The van der Waals surface area contributed by atoms with Gasteiger partial charge in [0.1, 0.15) is 11.4 Å². The molecule has 1 atom stereocenters. The summed E-state index contributed by atoms with van der Waals surface area (Å²) < 4.78 is 27.1. The summed E-state index contributed by atoms with van der Waals surface area (Å²) in [5.74, 6) is -3.73. The molecule has 1 N–H and O–H groups in total. The fourth-order valence-electron chi connectivity index (χ4n) is 1.33. The van der Waals surface area contributed by atoms with E-state index in [-0.39, 0.29) is 11.9 Å². The number of carbonyl (C=O) groups is 1. The smallest absolute Gasteiger partial charge is 0.305 e. The molecule has 104 valence electrons. The zero-order valence-electron chi connectivity index (χ0n) is 9.95. The summed E-state index contributed by atoms with van der Waals surface area (Å²) in [7, 11) is 0. The summed E-state index contributed by atoms with van der Waals surface area (Å²) in [6, 6.07) is 1.34. The molecule has 0 aliphatic rings. The Bertz CT molecular complexity index is 511. The molecule has 0 fully saturated rings. The number of amides is 1. The lowest BCUT2D eigenvalue weighted by atomic mass is 10.1. The summed E-state index contributed by atoms with van der Waals surface area (Å²) in [5.41, 5.74) is -1.93. The van der Waals surface area contributed by atoms with Crippen LogP contribution < -0.4 is 5.32 Å². The van der Waals surface area contributed by atoms with Gasteiger partial charge in [0.15, 0.2) is 0 Å². The molecule has 0 radical (unpaired) electrons. The van der Waals surface area contributed by atoms with Gasteiger partial charge < -0.3 is 5.32 Å². The van der Waals surface area contributed by atoms with Gasteiger partial charge in [-0.2, -0.15) is 4.39 Å². The third kappa shape index (κ3) is 3.60. The van der Waals surface area contributed by atoms with E-state index in [1.807, 2.05) is 0 Å². The molecule has 19 heavy (non-hydrogen) atoms. The van der Waals surface area contributed by atoms with Gasteiger partial charge in [-0.15, -0.1) is 11.6 Å². The summed E-state index contributed by atoms with van der Waals surface area (Å²) in [6.07, 6.45) is 0.557. The number of nitrogens with zero attached hydrogens (tertiary/aromatic N) is 1. The highest BCUT2D eigenvalue weighted by atomic mass is 35.5. The van der Waals surface area contributed by atoms with E-state index in [0.717, 1.165) is 0 Å². The first-order valence-corrected chi connectivity index (χ1v) is 5.86. The predicted octanol–water partition coefficient (Wildman–Crippen LogP) is 2.62. The number of hydrogen-bond donors (Lipinski definition) is 1. The molecule has 1 aromatic rings. The third-order valence-corrected chi connectivity index (χ3v) is 2.88. The van der Waals surface area contributed by atoms with Crippen LogP contribution in [-0.2, 0) is 0 Å². The molecule has 8 heteroatoms. The molecular weight excluding hydrogens is 282 g/mol. The van der Waals surface area contributed by atoms with E-state index in [1.165, 1.54) is 0 Å². The number of carbonyl (C=O) groups excluding carboxylic acids is 1. The van der Waals surface area contributed by atoms with Gasteiger partial charge in [-0.3, -0.25) is 14.9 Å². The van der Waals surface area contributed by atoms with Crippen LogP contribution >= 0.6 is 11.6 Å². The van der Waals surface area contributed by atoms with Crippen molar-refractivity contribution < 1.29 is 18.5 Å². The number of nitrogens with one attached hydrogen (secondary N) is 1. The van der Waals surface area contributed by atoms with Crippen molar-refractivity contribution >= 4 is 23.2 Å². The number of hydrogen-bond acceptors (Lipinski definition) is 3. The van der Waals surface area contributed by atoms with E-state index >= 15 is 0 Å². The van der Waals surface area contributed by atoms with Gasteiger partial charge in [-0.25, -0.2) is 4.39 Å². The topological polar surface area (TPSA) is 72.2 Å². The zero-order chi connectivity index (χ0) is 14.6. The normalized spacial score (nSPS) is 12.0. The van der Waals surface area contributed by atoms with Crippen molar-refractivity contribution in [3.63, 3.8) is 0 Å². The SMILES string of the molecule is CCC(Cl)CNC(=O)c1c(F)ccc([N+](=O)[O-])c1F. The molecule has 0 aliphatic heterocycles. The van der Waals surface area contributed by atoms with E-state index < -0.39 is 33.7 Å². The second-order valence-corrected chi connectivity index (χ2v) is 4.35. The molecule has 1 rings (SSSR count). The van der Waals surface area contributed by atoms with Crippen molar-refractivity contribution in [3.8, 4) is 0 Å². The van der Waals surface area contributed by atoms with Gasteiger partial charge in [0.2, 0.25) is 5.82 Å². The Morgan fingerprint density at radius 2 is 2.16 bits per heavy atom. The monoisotopic (exact) mass is 292 g/mol. The summed E-state index contributed by atoms with van der Waals surface area (Å²) in [5, 5.41) is 12.4. The van der Waals surface area contributed by atoms with Gasteiger partial charge in [0.05, 0.1) is 10.3 Å². The van der Waals surface area contributed by atoms with Crippen LogP contribution in [0, 0.1) is 21.7 Å². The molecular formula is C11H11ClF2N2O3. The zero-order valence-corrected chi connectivity index (χ0v) is 10.7. The second-order valence-electron chi connectivity index (χ2n) is 3.73. The fraction of sp³-hybridized carbons (Fsp3) is 0.364. The van der Waals surface area contributed by atoms with E-state index in [9.17, 15) is 23.7 Å². The number of nitro benzene ring substituents is 1. The Morgan fingerprint density at radius 1 is 1.53 bits per heavy atom. The Labute approximate surface area is 112 Å². The first-order valence-electron chi connectivity index (χ1n) is 5.43. The molecule has 1 amide bonds. The molecule has 0 spiro atoms. The fourth-order valence-corrected chi connectivity index (χ4v) is 1.40.